The van der Waals surface area contributed by atoms with Crippen LogP contribution in [0.2, 0.25) is 0 Å². The SMILES string of the molecule is CCSc1ccccc1C(=P)Nc1cc(C(F)(F)F)cnc1N. The van der Waals surface area contributed by atoms with Gasteiger partial charge in [-0.25, -0.2) is 4.98 Å². The number of nitrogens with one attached hydrogen (secondary N) is 1. The number of anilines is 2. The van der Waals surface area contributed by atoms with E-state index in [0.717, 1.165) is 22.3 Å². The third-order valence-corrected chi connectivity index (χ3v) is 4.31. The number of pyridine rings is 1. The van der Waals surface area contributed by atoms with Crippen LogP contribution in [0.15, 0.2) is 41.4 Å². The molecule has 3 N–H and O–H groups in total. The van der Waals surface area contributed by atoms with Gasteiger partial charge in [0.2, 0.25) is 0 Å². The Bertz CT molecular complexity index is 719. The molecule has 0 saturated carbocycles. The van der Waals surface area contributed by atoms with Crippen molar-refractivity contribution in [2.75, 3.05) is 16.8 Å². The Balaban J connectivity index is 2.31. The van der Waals surface area contributed by atoms with Crippen molar-refractivity contribution in [3.63, 3.8) is 0 Å². The summed E-state index contributed by atoms with van der Waals surface area (Å²) in [5.74, 6) is 0.874. The second kappa shape index (κ2) is 7.23. The lowest BCUT2D eigenvalue weighted by Gasteiger charge is -2.15. The second-order valence-corrected chi connectivity index (χ2v) is 6.39. The molecule has 0 fully saturated rings. The summed E-state index contributed by atoms with van der Waals surface area (Å²) in [4.78, 5) is 4.61. The van der Waals surface area contributed by atoms with E-state index in [-0.39, 0.29) is 11.5 Å². The molecule has 0 aliphatic carbocycles. The molecule has 0 radical (unpaired) electrons. The zero-order valence-electron chi connectivity index (χ0n) is 12.2. The quantitative estimate of drug-likeness (QED) is 0.610. The Hall–Kier alpha value is -1.72. The van der Waals surface area contributed by atoms with Gasteiger partial charge in [-0.2, -0.15) is 13.2 Å². The van der Waals surface area contributed by atoms with Crippen LogP contribution in [0.25, 0.3) is 0 Å². The summed E-state index contributed by atoms with van der Waals surface area (Å²) in [6.45, 7) is 2.02. The number of aromatic nitrogens is 1. The van der Waals surface area contributed by atoms with Crippen LogP contribution in [0, 0.1) is 0 Å². The van der Waals surface area contributed by atoms with Gasteiger partial charge in [-0.1, -0.05) is 34.0 Å². The van der Waals surface area contributed by atoms with Gasteiger partial charge in [0.05, 0.1) is 16.7 Å². The maximum absolute atomic E-state index is 12.8. The van der Waals surface area contributed by atoms with E-state index >= 15 is 0 Å². The topological polar surface area (TPSA) is 50.9 Å². The molecule has 0 aliphatic heterocycles. The fourth-order valence-corrected chi connectivity index (χ4v) is 3.14. The average Bonchev–Trinajstić information content (AvgIpc) is 2.49. The number of nitrogens with two attached hydrogens (primary N) is 1. The van der Waals surface area contributed by atoms with Crippen molar-refractivity contribution < 1.29 is 13.2 Å². The number of hydrogen-bond donors (Lipinski definition) is 2. The van der Waals surface area contributed by atoms with Gasteiger partial charge >= 0.3 is 6.18 Å². The molecule has 1 aromatic heterocycles. The largest absolute Gasteiger partial charge is 0.417 e. The molecule has 0 bridgehead atoms. The van der Waals surface area contributed by atoms with Crippen LogP contribution < -0.4 is 11.1 Å². The van der Waals surface area contributed by atoms with Crippen LogP contribution in [0.3, 0.4) is 0 Å². The lowest BCUT2D eigenvalue weighted by atomic mass is 10.2. The van der Waals surface area contributed by atoms with E-state index in [1.54, 1.807) is 11.8 Å². The molecule has 1 aromatic carbocycles. The van der Waals surface area contributed by atoms with Gasteiger partial charge < -0.3 is 11.1 Å². The predicted octanol–water partition coefficient (Wildman–Crippen LogP) is 4.53. The zero-order valence-corrected chi connectivity index (χ0v) is 14.1. The molecule has 0 amide bonds. The van der Waals surface area contributed by atoms with Gasteiger partial charge in [0.15, 0.2) is 0 Å². The minimum atomic E-state index is -4.47. The minimum absolute atomic E-state index is 0.00521. The molecule has 0 spiro atoms. The highest BCUT2D eigenvalue weighted by molar-refractivity contribution is 7.99. The maximum atomic E-state index is 12.8. The molecular weight excluding hydrogens is 342 g/mol. The van der Waals surface area contributed by atoms with Gasteiger partial charge in [-0.15, -0.1) is 11.8 Å². The summed E-state index contributed by atoms with van der Waals surface area (Å²) in [6, 6.07) is 8.51. The summed E-state index contributed by atoms with van der Waals surface area (Å²) in [7, 11) is 3.44. The Kier molecular flexibility index (Phi) is 5.55. The summed E-state index contributed by atoms with van der Waals surface area (Å²) in [5, 5.41) is 2.87. The van der Waals surface area contributed by atoms with Crippen molar-refractivity contribution in [3.8, 4) is 0 Å². The van der Waals surface area contributed by atoms with E-state index in [1.807, 2.05) is 31.2 Å². The minimum Gasteiger partial charge on any atom is -0.382 e. The lowest BCUT2D eigenvalue weighted by Crippen LogP contribution is -2.15. The van der Waals surface area contributed by atoms with E-state index in [4.69, 9.17) is 5.73 Å². The third kappa shape index (κ3) is 4.39. The number of nitrogens with zero attached hydrogens (tertiary/aromatic N) is 1. The molecule has 2 rings (SSSR count). The normalized spacial score (nSPS) is 11.3. The molecule has 3 nitrogen and oxygen atoms in total. The molecule has 0 aliphatic rings. The number of thioether (sulfide) groups is 1. The molecule has 1 heterocycles. The predicted molar refractivity (Wildman–Crippen MR) is 92.5 cm³/mol. The van der Waals surface area contributed by atoms with Crippen molar-refractivity contribution in [3.05, 3.63) is 47.7 Å². The highest BCUT2D eigenvalue weighted by Gasteiger charge is 2.31. The first-order valence-electron chi connectivity index (χ1n) is 6.73. The van der Waals surface area contributed by atoms with E-state index in [1.165, 1.54) is 0 Å². The van der Waals surface area contributed by atoms with Crippen molar-refractivity contribution in [2.45, 2.75) is 18.0 Å². The third-order valence-electron chi connectivity index (χ3n) is 2.96. The second-order valence-electron chi connectivity index (χ2n) is 4.58. The number of rotatable bonds is 5. The first kappa shape index (κ1) is 17.6. The highest BCUT2D eigenvalue weighted by Crippen LogP contribution is 2.32. The molecule has 2 aromatic rings. The van der Waals surface area contributed by atoms with Crippen molar-refractivity contribution in [1.82, 2.24) is 4.98 Å². The lowest BCUT2D eigenvalue weighted by molar-refractivity contribution is -0.137. The summed E-state index contributed by atoms with van der Waals surface area (Å²) in [6.07, 6.45) is -3.76. The van der Waals surface area contributed by atoms with Crippen LogP contribution in [0.5, 0.6) is 0 Å². The van der Waals surface area contributed by atoms with E-state index < -0.39 is 11.7 Å². The summed E-state index contributed by atoms with van der Waals surface area (Å²) in [5.41, 5.74) is 6.28. The highest BCUT2D eigenvalue weighted by atomic mass is 32.2. The molecule has 8 heteroatoms. The molecular formula is C15H15F3N3PS. The fraction of sp³-hybridized carbons (Fsp3) is 0.200. The van der Waals surface area contributed by atoms with E-state index in [2.05, 4.69) is 19.2 Å². The number of hydrogen-bond acceptors (Lipinski definition) is 3. The number of benzene rings is 1. The monoisotopic (exact) mass is 357 g/mol. The molecule has 0 saturated heterocycles. The Morgan fingerprint density at radius 2 is 2.04 bits per heavy atom. The molecule has 23 heavy (non-hydrogen) atoms. The van der Waals surface area contributed by atoms with Gasteiger partial charge in [0.25, 0.3) is 0 Å². The van der Waals surface area contributed by atoms with Gasteiger partial charge in [0, 0.05) is 16.7 Å². The Morgan fingerprint density at radius 3 is 2.70 bits per heavy atom. The van der Waals surface area contributed by atoms with Crippen molar-refractivity contribution >= 4 is 37.5 Å². The van der Waals surface area contributed by atoms with Crippen LogP contribution in [-0.2, 0) is 6.18 Å². The van der Waals surface area contributed by atoms with Gasteiger partial charge in [-0.05, 0) is 17.9 Å². The summed E-state index contributed by atoms with van der Waals surface area (Å²) >= 11 is 1.63. The smallest absolute Gasteiger partial charge is 0.382 e. The average molecular weight is 357 g/mol. The fourth-order valence-electron chi connectivity index (χ4n) is 1.89. The number of halogens is 3. The number of nitrogen functional groups attached to an aromatic ring is 1. The Labute approximate surface area is 138 Å². The van der Waals surface area contributed by atoms with Crippen LogP contribution in [0.4, 0.5) is 24.7 Å². The van der Waals surface area contributed by atoms with Crippen LogP contribution >= 0.6 is 20.6 Å². The molecule has 122 valence electrons. The maximum Gasteiger partial charge on any atom is 0.417 e. The Morgan fingerprint density at radius 1 is 1.35 bits per heavy atom. The van der Waals surface area contributed by atoms with Crippen LogP contribution in [0.1, 0.15) is 18.1 Å². The molecule has 0 unspecified atom stereocenters. The van der Waals surface area contributed by atoms with E-state index in [9.17, 15) is 13.2 Å². The summed E-state index contributed by atoms with van der Waals surface area (Å²) < 4.78 is 38.4. The van der Waals surface area contributed by atoms with Gasteiger partial charge in [0.1, 0.15) is 5.82 Å². The first-order chi connectivity index (χ1) is 10.8. The zero-order chi connectivity index (χ0) is 17.0. The van der Waals surface area contributed by atoms with Crippen molar-refractivity contribution in [2.24, 2.45) is 0 Å². The standard InChI is InChI=1S/C15H15F3N3PS/c1-2-23-12-6-4-3-5-10(12)14(22)21-11-7-9(15(16,17)18)8-20-13(11)19/h3-8,21-22H,2H2,1H3,(H2,19,20). The van der Waals surface area contributed by atoms with Crippen LogP contribution in [-0.4, -0.2) is 16.2 Å². The molecule has 0 atom stereocenters. The van der Waals surface area contributed by atoms with E-state index in [0.29, 0.717) is 11.6 Å². The first-order valence-corrected chi connectivity index (χ1v) is 8.22. The van der Waals surface area contributed by atoms with Gasteiger partial charge in [-0.3, -0.25) is 0 Å². The van der Waals surface area contributed by atoms with Crippen molar-refractivity contribution in [1.29, 1.82) is 0 Å². The number of alkyl halides is 3.